The standard InChI is InChI=1S/C32H36FN3O5Si/c1-22-30(42(2,3)33)28(19-29(39)35(16-17-37)20-23-10-6-4-7-11-23)41-32(22)26-18-25(14-15-27(26)34-31(32)40)36(21-38)24-12-8-5-9-13-24/h4-15,18,21-22,28,30,37H,16-17,19-20H2,1-3H3,(H,34,40)/t22-,28+,30-,32+/m0/s1. The number of benzene rings is 3. The van der Waals surface area contributed by atoms with Gasteiger partial charge >= 0.3 is 0 Å². The summed E-state index contributed by atoms with van der Waals surface area (Å²) in [5, 5.41) is 12.6. The molecule has 3 aromatic rings. The van der Waals surface area contributed by atoms with E-state index < -0.39 is 37.5 Å². The van der Waals surface area contributed by atoms with Gasteiger partial charge in [-0.2, -0.15) is 0 Å². The number of anilines is 3. The summed E-state index contributed by atoms with van der Waals surface area (Å²) in [5.74, 6) is -1.27. The van der Waals surface area contributed by atoms with Gasteiger partial charge in [-0.25, -0.2) is 0 Å². The molecule has 1 spiro atoms. The number of hydrogen-bond acceptors (Lipinski definition) is 5. The normalized spacial score (nSPS) is 23.0. The zero-order valence-corrected chi connectivity index (χ0v) is 25.0. The van der Waals surface area contributed by atoms with E-state index in [4.69, 9.17) is 4.74 Å². The molecule has 1 fully saturated rings. The Hall–Kier alpha value is -3.86. The molecule has 0 unspecified atom stereocenters. The predicted molar refractivity (Wildman–Crippen MR) is 161 cm³/mol. The Labute approximate surface area is 246 Å². The summed E-state index contributed by atoms with van der Waals surface area (Å²) in [5.41, 5.74) is 0.962. The SMILES string of the molecule is C[C@H]1[C@H]([Si](C)(C)F)[C@@H](CC(=O)N(CCO)Cc2ccccc2)O[C@]12C(=O)Nc1ccc(N(C=O)c3ccccc3)cc12. The first-order valence-electron chi connectivity index (χ1n) is 14.1. The summed E-state index contributed by atoms with van der Waals surface area (Å²) in [6, 6.07) is 23.8. The van der Waals surface area contributed by atoms with E-state index >= 15 is 4.11 Å². The molecule has 0 aliphatic carbocycles. The highest BCUT2D eigenvalue weighted by atomic mass is 28.4. The number of aliphatic hydroxyl groups is 1. The summed E-state index contributed by atoms with van der Waals surface area (Å²) in [6.45, 7) is 5.17. The second kappa shape index (κ2) is 11.8. The van der Waals surface area contributed by atoms with E-state index in [-0.39, 0.29) is 25.5 Å². The number of nitrogens with zero attached hydrogens (tertiary/aromatic N) is 2. The van der Waals surface area contributed by atoms with Crippen LogP contribution in [0, 0.1) is 5.92 Å². The van der Waals surface area contributed by atoms with Crippen molar-refractivity contribution in [3.05, 3.63) is 90.0 Å². The zero-order valence-electron chi connectivity index (χ0n) is 24.0. The van der Waals surface area contributed by atoms with Gasteiger partial charge in [-0.1, -0.05) is 55.5 Å². The van der Waals surface area contributed by atoms with Gasteiger partial charge in [-0.15, -0.1) is 0 Å². The van der Waals surface area contributed by atoms with Crippen molar-refractivity contribution in [2.75, 3.05) is 23.4 Å². The molecule has 0 aromatic heterocycles. The van der Waals surface area contributed by atoms with Crippen molar-refractivity contribution in [3.8, 4) is 0 Å². The average molecular weight is 590 g/mol. The van der Waals surface area contributed by atoms with Crippen molar-refractivity contribution in [3.63, 3.8) is 0 Å². The van der Waals surface area contributed by atoms with E-state index in [0.717, 1.165) is 5.56 Å². The lowest BCUT2D eigenvalue weighted by molar-refractivity contribution is -0.148. The van der Waals surface area contributed by atoms with Gasteiger partial charge in [0.15, 0.2) is 5.60 Å². The first-order chi connectivity index (χ1) is 20.1. The molecule has 0 radical (unpaired) electrons. The fourth-order valence-electron chi connectivity index (χ4n) is 6.58. The number of fused-ring (bicyclic) bond motifs is 2. The molecular formula is C32H36FN3O5Si. The molecule has 8 nitrogen and oxygen atoms in total. The molecule has 2 heterocycles. The molecular weight excluding hydrogens is 553 g/mol. The smallest absolute Gasteiger partial charge is 0.261 e. The molecule has 42 heavy (non-hydrogen) atoms. The third-order valence-corrected chi connectivity index (χ3v) is 10.9. The second-order valence-corrected chi connectivity index (χ2v) is 15.3. The molecule has 0 saturated carbocycles. The molecule has 3 aromatic carbocycles. The lowest BCUT2D eigenvalue weighted by Gasteiger charge is -2.31. The van der Waals surface area contributed by atoms with Crippen LogP contribution in [0.5, 0.6) is 0 Å². The summed E-state index contributed by atoms with van der Waals surface area (Å²) in [7, 11) is -3.48. The van der Waals surface area contributed by atoms with Gasteiger partial charge in [-0.3, -0.25) is 19.3 Å². The molecule has 0 bridgehead atoms. The van der Waals surface area contributed by atoms with Gasteiger partial charge in [0.25, 0.3) is 5.91 Å². The highest BCUT2D eigenvalue weighted by Gasteiger charge is 2.65. The summed E-state index contributed by atoms with van der Waals surface area (Å²) in [6.07, 6.45) is -0.277. The summed E-state index contributed by atoms with van der Waals surface area (Å²) >= 11 is 0. The Morgan fingerprint density at radius 1 is 1.07 bits per heavy atom. The third-order valence-electron chi connectivity index (χ3n) is 8.43. The summed E-state index contributed by atoms with van der Waals surface area (Å²) < 4.78 is 22.7. The van der Waals surface area contributed by atoms with Crippen LogP contribution < -0.4 is 10.2 Å². The molecule has 4 atom stereocenters. The lowest BCUT2D eigenvalue weighted by atomic mass is 9.82. The van der Waals surface area contributed by atoms with Crippen LogP contribution in [0.2, 0.25) is 18.6 Å². The van der Waals surface area contributed by atoms with Gasteiger partial charge in [0, 0.05) is 47.2 Å². The molecule has 2 aliphatic rings. The first-order valence-corrected chi connectivity index (χ1v) is 17.1. The minimum Gasteiger partial charge on any atom is -0.395 e. The van der Waals surface area contributed by atoms with Gasteiger partial charge in [0.05, 0.1) is 19.1 Å². The number of ether oxygens (including phenoxy) is 1. The van der Waals surface area contributed by atoms with Crippen LogP contribution in [0.25, 0.3) is 0 Å². The van der Waals surface area contributed by atoms with Crippen molar-refractivity contribution in [2.24, 2.45) is 5.92 Å². The molecule has 5 rings (SSSR count). The highest BCUT2D eigenvalue weighted by Crippen LogP contribution is 2.59. The third kappa shape index (κ3) is 5.37. The van der Waals surface area contributed by atoms with Crippen LogP contribution in [0.15, 0.2) is 78.9 Å². The Morgan fingerprint density at radius 2 is 1.74 bits per heavy atom. The predicted octanol–water partition coefficient (Wildman–Crippen LogP) is 5.12. The van der Waals surface area contributed by atoms with Gasteiger partial charge < -0.3 is 24.2 Å². The van der Waals surface area contributed by atoms with Crippen LogP contribution in [0.3, 0.4) is 0 Å². The van der Waals surface area contributed by atoms with Gasteiger partial charge in [0.1, 0.15) is 0 Å². The van der Waals surface area contributed by atoms with Crippen molar-refractivity contribution in [1.82, 2.24) is 4.90 Å². The van der Waals surface area contributed by atoms with Crippen LogP contribution in [0.1, 0.15) is 24.5 Å². The van der Waals surface area contributed by atoms with Crippen LogP contribution in [-0.2, 0) is 31.3 Å². The van der Waals surface area contributed by atoms with Crippen molar-refractivity contribution < 1.29 is 28.3 Å². The molecule has 10 heteroatoms. The van der Waals surface area contributed by atoms with Crippen LogP contribution >= 0.6 is 0 Å². The molecule has 2 aliphatic heterocycles. The van der Waals surface area contributed by atoms with E-state index in [0.29, 0.717) is 35.6 Å². The topological polar surface area (TPSA) is 99.2 Å². The Morgan fingerprint density at radius 3 is 2.36 bits per heavy atom. The minimum atomic E-state index is -3.48. The maximum absolute atomic E-state index is 16.1. The lowest BCUT2D eigenvalue weighted by Crippen LogP contribution is -2.42. The van der Waals surface area contributed by atoms with E-state index in [1.54, 1.807) is 48.3 Å². The monoisotopic (exact) mass is 589 g/mol. The quantitative estimate of drug-likeness (QED) is 0.194. The first kappa shape index (κ1) is 29.6. The highest BCUT2D eigenvalue weighted by molar-refractivity contribution is 6.72. The number of carbonyl (C=O) groups excluding carboxylic acids is 3. The number of carbonyl (C=O) groups is 3. The van der Waals surface area contributed by atoms with Crippen molar-refractivity contribution >= 4 is 43.7 Å². The number of halogens is 1. The van der Waals surface area contributed by atoms with E-state index in [1.807, 2.05) is 55.5 Å². The van der Waals surface area contributed by atoms with E-state index in [9.17, 15) is 19.5 Å². The average Bonchev–Trinajstić information content (AvgIpc) is 3.42. The molecule has 3 amide bonds. The van der Waals surface area contributed by atoms with E-state index in [1.165, 1.54) is 4.90 Å². The minimum absolute atomic E-state index is 0.121. The number of aliphatic hydroxyl groups excluding tert-OH is 1. The van der Waals surface area contributed by atoms with Crippen LogP contribution in [-0.4, -0.2) is 55.9 Å². The van der Waals surface area contributed by atoms with Gasteiger partial charge in [-0.05, 0) is 49.0 Å². The fraction of sp³-hybridized carbons (Fsp3) is 0.344. The molecule has 2 N–H and O–H groups in total. The molecule has 220 valence electrons. The maximum atomic E-state index is 16.1. The Kier molecular flexibility index (Phi) is 8.32. The largest absolute Gasteiger partial charge is 0.395 e. The van der Waals surface area contributed by atoms with Crippen molar-refractivity contribution in [2.45, 2.75) is 50.2 Å². The number of rotatable bonds is 10. The van der Waals surface area contributed by atoms with Gasteiger partial charge in [0.2, 0.25) is 20.7 Å². The maximum Gasteiger partial charge on any atom is 0.261 e. The number of para-hydroxylation sites is 1. The summed E-state index contributed by atoms with van der Waals surface area (Å²) in [4.78, 5) is 42.5. The van der Waals surface area contributed by atoms with E-state index in [2.05, 4.69) is 5.32 Å². The molecule has 1 saturated heterocycles. The second-order valence-electron chi connectivity index (χ2n) is 11.5. The number of hydrogen-bond donors (Lipinski definition) is 2. The number of amides is 3. The Bertz CT molecular complexity index is 1450. The van der Waals surface area contributed by atoms with Crippen molar-refractivity contribution in [1.29, 1.82) is 0 Å². The number of nitrogens with one attached hydrogen (secondary N) is 1. The van der Waals surface area contributed by atoms with Crippen LogP contribution in [0.4, 0.5) is 21.2 Å². The Balaban J connectivity index is 1.50. The zero-order chi connectivity index (χ0) is 30.1. The fourth-order valence-corrected chi connectivity index (χ4v) is 9.08.